The molecule has 0 saturated carbocycles. The summed E-state index contributed by atoms with van der Waals surface area (Å²) in [4.78, 5) is 38.5. The molecule has 0 radical (unpaired) electrons. The number of furan rings is 1. The van der Waals surface area contributed by atoms with Crippen LogP contribution < -0.4 is 20.3 Å². The number of rotatable bonds is 8. The fourth-order valence-electron chi connectivity index (χ4n) is 3.12. The highest BCUT2D eigenvalue weighted by atomic mass is 16.5. The van der Waals surface area contributed by atoms with Gasteiger partial charge in [-0.05, 0) is 36.8 Å². The Balaban J connectivity index is 1.53. The van der Waals surface area contributed by atoms with Crippen molar-refractivity contribution in [1.82, 2.24) is 15.8 Å². The van der Waals surface area contributed by atoms with Crippen LogP contribution in [0.2, 0.25) is 0 Å². The third-order valence-electron chi connectivity index (χ3n) is 4.70. The van der Waals surface area contributed by atoms with E-state index in [0.717, 1.165) is 6.42 Å². The number of carbonyl (C=O) groups is 3. The number of benzene rings is 1. The molecule has 1 aromatic carbocycles. The zero-order valence-electron chi connectivity index (χ0n) is 17.0. The molecule has 2 aromatic rings. The topological polar surface area (TPSA) is 110 Å². The van der Waals surface area contributed by atoms with Crippen molar-refractivity contribution in [2.45, 2.75) is 26.3 Å². The molecule has 0 spiro atoms. The van der Waals surface area contributed by atoms with Crippen molar-refractivity contribution in [3.8, 4) is 11.5 Å². The molecule has 3 amide bonds. The predicted octanol–water partition coefficient (Wildman–Crippen LogP) is 1.89. The van der Waals surface area contributed by atoms with Gasteiger partial charge in [-0.1, -0.05) is 6.92 Å². The highest BCUT2D eigenvalue weighted by Crippen LogP contribution is 2.28. The van der Waals surface area contributed by atoms with Gasteiger partial charge in [-0.25, -0.2) is 0 Å². The molecule has 2 N–H and O–H groups in total. The minimum Gasteiger partial charge on any atom is -0.493 e. The minimum absolute atomic E-state index is 0.0830. The first kappa shape index (κ1) is 21.2. The third kappa shape index (κ3) is 5.11. The number of methoxy groups -OCH3 is 1. The van der Waals surface area contributed by atoms with Crippen molar-refractivity contribution < 1.29 is 28.3 Å². The van der Waals surface area contributed by atoms with Gasteiger partial charge in [-0.3, -0.25) is 25.2 Å². The number of carbonyl (C=O) groups excluding carboxylic acids is 3. The summed E-state index contributed by atoms with van der Waals surface area (Å²) >= 11 is 0. The number of amides is 3. The van der Waals surface area contributed by atoms with Crippen LogP contribution in [0.3, 0.4) is 0 Å². The van der Waals surface area contributed by atoms with E-state index in [2.05, 4.69) is 10.9 Å². The molecular weight excluding hydrogens is 390 g/mol. The number of hydrogen-bond donors (Lipinski definition) is 2. The summed E-state index contributed by atoms with van der Waals surface area (Å²) in [5.41, 5.74) is 5.08. The molecule has 1 aliphatic rings. The zero-order valence-corrected chi connectivity index (χ0v) is 17.0. The van der Waals surface area contributed by atoms with Gasteiger partial charge in [0.25, 0.3) is 5.91 Å². The summed E-state index contributed by atoms with van der Waals surface area (Å²) in [6.45, 7) is 3.10. The number of nitrogens with one attached hydrogen (secondary N) is 2. The van der Waals surface area contributed by atoms with Crippen molar-refractivity contribution >= 4 is 17.7 Å². The van der Waals surface area contributed by atoms with Crippen LogP contribution in [-0.2, 0) is 16.1 Å². The second-order valence-electron chi connectivity index (χ2n) is 6.91. The summed E-state index contributed by atoms with van der Waals surface area (Å²) in [6.07, 6.45) is 2.47. The lowest BCUT2D eigenvalue weighted by molar-refractivity contribution is -0.129. The number of likely N-dealkylation sites (tertiary alicyclic amines) is 1. The number of ether oxygens (including phenoxy) is 2. The van der Waals surface area contributed by atoms with Crippen molar-refractivity contribution in [3.05, 3.63) is 47.9 Å². The molecule has 1 atom stereocenters. The molecular formula is C21H25N3O6. The Morgan fingerprint density at radius 3 is 2.77 bits per heavy atom. The lowest BCUT2D eigenvalue weighted by atomic mass is 10.1. The smallest absolute Gasteiger partial charge is 0.269 e. The molecule has 1 unspecified atom stereocenters. The van der Waals surface area contributed by atoms with Gasteiger partial charge in [0.1, 0.15) is 5.76 Å². The summed E-state index contributed by atoms with van der Waals surface area (Å²) in [5.74, 6) is 0.0165. The van der Waals surface area contributed by atoms with E-state index in [0.29, 0.717) is 36.0 Å². The van der Waals surface area contributed by atoms with Gasteiger partial charge < -0.3 is 18.8 Å². The Hall–Kier alpha value is -3.49. The normalized spacial score (nSPS) is 15.7. The number of hydrogen-bond acceptors (Lipinski definition) is 6. The molecule has 1 aromatic heterocycles. The van der Waals surface area contributed by atoms with Crippen LogP contribution in [0.25, 0.3) is 0 Å². The lowest BCUT2D eigenvalue weighted by Gasteiger charge is -2.15. The van der Waals surface area contributed by atoms with Crippen LogP contribution >= 0.6 is 0 Å². The Kier molecular flexibility index (Phi) is 6.95. The molecule has 1 fully saturated rings. The molecule has 0 aliphatic carbocycles. The molecule has 0 bridgehead atoms. The summed E-state index contributed by atoms with van der Waals surface area (Å²) in [6, 6.07) is 8.28. The summed E-state index contributed by atoms with van der Waals surface area (Å²) in [7, 11) is 1.49. The number of hydrazine groups is 1. The Morgan fingerprint density at radius 1 is 1.23 bits per heavy atom. The van der Waals surface area contributed by atoms with Crippen molar-refractivity contribution in [1.29, 1.82) is 0 Å². The van der Waals surface area contributed by atoms with E-state index in [4.69, 9.17) is 13.9 Å². The maximum atomic E-state index is 12.4. The van der Waals surface area contributed by atoms with Gasteiger partial charge in [0.15, 0.2) is 11.5 Å². The van der Waals surface area contributed by atoms with E-state index in [1.807, 2.05) is 6.92 Å². The van der Waals surface area contributed by atoms with Crippen LogP contribution in [0.5, 0.6) is 11.5 Å². The summed E-state index contributed by atoms with van der Waals surface area (Å²) in [5, 5.41) is 0. The highest BCUT2D eigenvalue weighted by Gasteiger charge is 2.34. The summed E-state index contributed by atoms with van der Waals surface area (Å²) < 4.78 is 16.1. The second-order valence-corrected chi connectivity index (χ2v) is 6.91. The zero-order chi connectivity index (χ0) is 21.5. The van der Waals surface area contributed by atoms with Crippen molar-refractivity contribution in [2.24, 2.45) is 5.92 Å². The monoisotopic (exact) mass is 415 g/mol. The van der Waals surface area contributed by atoms with E-state index in [1.165, 1.54) is 19.4 Å². The Bertz CT molecular complexity index is 896. The van der Waals surface area contributed by atoms with E-state index >= 15 is 0 Å². The van der Waals surface area contributed by atoms with Gasteiger partial charge in [-0.2, -0.15) is 0 Å². The number of nitrogens with zero attached hydrogens (tertiary/aromatic N) is 1. The Morgan fingerprint density at radius 2 is 2.07 bits per heavy atom. The van der Waals surface area contributed by atoms with Gasteiger partial charge in [0.2, 0.25) is 11.8 Å². The fraction of sp³-hybridized carbons (Fsp3) is 0.381. The molecule has 160 valence electrons. The highest BCUT2D eigenvalue weighted by molar-refractivity contribution is 5.97. The second kappa shape index (κ2) is 9.82. The minimum atomic E-state index is -0.549. The molecule has 30 heavy (non-hydrogen) atoms. The van der Waals surface area contributed by atoms with Crippen LogP contribution in [0.1, 0.15) is 35.9 Å². The first-order valence-corrected chi connectivity index (χ1v) is 9.73. The van der Waals surface area contributed by atoms with Crippen molar-refractivity contribution in [3.63, 3.8) is 0 Å². The van der Waals surface area contributed by atoms with Crippen LogP contribution in [0.15, 0.2) is 41.0 Å². The average Bonchev–Trinajstić information content (AvgIpc) is 3.40. The molecule has 9 nitrogen and oxygen atoms in total. The van der Waals surface area contributed by atoms with E-state index < -0.39 is 17.7 Å². The molecule has 1 saturated heterocycles. The lowest BCUT2D eigenvalue weighted by Crippen LogP contribution is -2.45. The Labute approximate surface area is 174 Å². The van der Waals surface area contributed by atoms with E-state index in [1.54, 1.807) is 29.2 Å². The molecule has 9 heteroatoms. The maximum absolute atomic E-state index is 12.4. The first-order chi connectivity index (χ1) is 14.5. The predicted molar refractivity (Wildman–Crippen MR) is 107 cm³/mol. The van der Waals surface area contributed by atoms with Gasteiger partial charge in [0.05, 0.1) is 32.4 Å². The quantitative estimate of drug-likeness (QED) is 0.637. The third-order valence-corrected chi connectivity index (χ3v) is 4.70. The fourth-order valence-corrected chi connectivity index (χ4v) is 3.12. The largest absolute Gasteiger partial charge is 0.493 e. The van der Waals surface area contributed by atoms with Gasteiger partial charge in [0, 0.05) is 18.5 Å². The van der Waals surface area contributed by atoms with Crippen LogP contribution in [-0.4, -0.2) is 42.9 Å². The molecule has 3 rings (SSSR count). The van der Waals surface area contributed by atoms with E-state index in [9.17, 15) is 14.4 Å². The van der Waals surface area contributed by atoms with Crippen LogP contribution in [0, 0.1) is 5.92 Å². The van der Waals surface area contributed by atoms with Crippen LogP contribution in [0.4, 0.5) is 0 Å². The standard InChI is InChI=1S/C21H25N3O6/c1-3-8-30-17-7-6-14(10-18(17)28-2)20(26)22-23-21(27)15-11-19(25)24(12-15)13-16-5-4-9-29-16/h4-7,9-10,15H,3,8,11-13H2,1-2H3,(H,22,26)(H,23,27). The average molecular weight is 415 g/mol. The van der Waals surface area contributed by atoms with Gasteiger partial charge in [-0.15, -0.1) is 0 Å². The van der Waals surface area contributed by atoms with E-state index in [-0.39, 0.29) is 18.9 Å². The van der Waals surface area contributed by atoms with Gasteiger partial charge >= 0.3 is 0 Å². The molecule has 1 aliphatic heterocycles. The first-order valence-electron chi connectivity index (χ1n) is 9.73. The van der Waals surface area contributed by atoms with Crippen molar-refractivity contribution in [2.75, 3.05) is 20.3 Å². The SMILES string of the molecule is CCCOc1ccc(C(=O)NNC(=O)C2CC(=O)N(Cc3ccco3)C2)cc1OC. The maximum Gasteiger partial charge on any atom is 0.269 e. The molecule has 2 heterocycles.